The number of hydrogen-bond acceptors (Lipinski definition) is 8. The summed E-state index contributed by atoms with van der Waals surface area (Å²) in [6.07, 6.45) is -0.640. The highest BCUT2D eigenvalue weighted by Crippen LogP contribution is 2.39. The van der Waals surface area contributed by atoms with Crippen molar-refractivity contribution in [1.29, 1.82) is 5.53 Å². The lowest BCUT2D eigenvalue weighted by atomic mass is 10.0. The fourth-order valence-corrected chi connectivity index (χ4v) is 3.13. The Hall–Kier alpha value is -3.10. The second kappa shape index (κ2) is 9.90. The standard InChI is InChI=1S/C20H23N4O5/c1-27-20(26)17-18(15-5-2-3-6-16(15)23-24-21)29-19(22-17)13-7-9-14(10-8-13)28-12-4-11-25/h2-3,5-10,17-19,21-22,25H,4,11-12H2,1H3/q+1/t17-,18-,19?/m1/s1. The van der Waals surface area contributed by atoms with Crippen molar-refractivity contribution in [1.82, 2.24) is 10.2 Å². The molecule has 3 atom stereocenters. The van der Waals surface area contributed by atoms with Gasteiger partial charge in [0.15, 0.2) is 10.8 Å². The van der Waals surface area contributed by atoms with Crippen molar-refractivity contribution in [2.75, 3.05) is 20.3 Å². The maximum Gasteiger partial charge on any atom is 0.326 e. The quantitative estimate of drug-likeness (QED) is 0.271. The normalized spacial score (nSPS) is 20.7. The molecule has 0 aliphatic carbocycles. The van der Waals surface area contributed by atoms with Gasteiger partial charge >= 0.3 is 5.97 Å². The Bertz CT molecular complexity index is 883. The van der Waals surface area contributed by atoms with Gasteiger partial charge in [-0.25, -0.2) is 0 Å². The third-order valence-corrected chi connectivity index (χ3v) is 4.53. The molecule has 0 bridgehead atoms. The van der Waals surface area contributed by atoms with E-state index in [2.05, 4.69) is 15.3 Å². The predicted octanol–water partition coefficient (Wildman–Crippen LogP) is 2.53. The zero-order valence-electron chi connectivity index (χ0n) is 15.9. The third kappa shape index (κ3) is 4.85. The fraction of sp³-hybridized carbons (Fsp3) is 0.350. The summed E-state index contributed by atoms with van der Waals surface area (Å²) in [6, 6.07) is 13.6. The van der Waals surface area contributed by atoms with Crippen molar-refractivity contribution in [3.05, 3.63) is 59.7 Å². The van der Waals surface area contributed by atoms with Crippen LogP contribution in [-0.4, -0.2) is 37.4 Å². The Morgan fingerprint density at radius 3 is 2.72 bits per heavy atom. The molecular formula is C20H23N4O5+. The minimum atomic E-state index is -0.743. The Balaban J connectivity index is 1.83. The first-order valence-electron chi connectivity index (χ1n) is 9.17. The van der Waals surface area contributed by atoms with E-state index in [-0.39, 0.29) is 6.61 Å². The van der Waals surface area contributed by atoms with Crippen LogP contribution in [0.3, 0.4) is 0 Å². The molecule has 1 aliphatic heterocycles. The molecule has 0 saturated carbocycles. The highest BCUT2D eigenvalue weighted by Gasteiger charge is 2.42. The summed E-state index contributed by atoms with van der Waals surface area (Å²) in [7, 11) is 1.32. The first-order valence-corrected chi connectivity index (χ1v) is 9.17. The van der Waals surface area contributed by atoms with Crippen LogP contribution in [0.25, 0.3) is 0 Å². The van der Waals surface area contributed by atoms with Gasteiger partial charge in [0.25, 0.3) is 0 Å². The van der Waals surface area contributed by atoms with E-state index >= 15 is 0 Å². The highest BCUT2D eigenvalue weighted by molar-refractivity contribution is 5.77. The van der Waals surface area contributed by atoms with Crippen LogP contribution in [0.4, 0.5) is 5.69 Å². The fourth-order valence-electron chi connectivity index (χ4n) is 3.13. The van der Waals surface area contributed by atoms with Gasteiger partial charge < -0.3 is 19.3 Å². The van der Waals surface area contributed by atoms with Gasteiger partial charge in [-0.3, -0.25) is 10.1 Å². The molecule has 9 nitrogen and oxygen atoms in total. The van der Waals surface area contributed by atoms with E-state index in [9.17, 15) is 4.79 Å². The molecule has 2 aromatic carbocycles. The summed E-state index contributed by atoms with van der Waals surface area (Å²) in [6.45, 7) is 0.511. The summed E-state index contributed by atoms with van der Waals surface area (Å²) in [4.78, 5) is 15.4. The molecule has 3 N–H and O–H groups in total. The number of nitrogens with one attached hydrogen (secondary N) is 2. The Labute approximate surface area is 167 Å². The number of aliphatic hydroxyl groups is 1. The molecule has 0 amide bonds. The van der Waals surface area contributed by atoms with E-state index in [1.807, 2.05) is 18.2 Å². The monoisotopic (exact) mass is 399 g/mol. The van der Waals surface area contributed by atoms with Gasteiger partial charge in [0.05, 0.1) is 13.7 Å². The molecule has 1 saturated heterocycles. The number of aliphatic hydroxyl groups excluding tert-OH is 1. The molecular weight excluding hydrogens is 376 g/mol. The molecule has 0 spiro atoms. The Morgan fingerprint density at radius 1 is 1.28 bits per heavy atom. The van der Waals surface area contributed by atoms with E-state index < -0.39 is 24.3 Å². The third-order valence-electron chi connectivity index (χ3n) is 4.53. The Morgan fingerprint density at radius 2 is 2.03 bits per heavy atom. The van der Waals surface area contributed by atoms with Crippen molar-refractivity contribution >= 4 is 11.7 Å². The van der Waals surface area contributed by atoms with E-state index in [0.29, 0.717) is 30.0 Å². The minimum Gasteiger partial charge on any atom is -0.494 e. The molecule has 0 aromatic heterocycles. The van der Waals surface area contributed by atoms with Crippen molar-refractivity contribution < 1.29 is 24.1 Å². The summed E-state index contributed by atoms with van der Waals surface area (Å²) >= 11 is 0. The minimum absolute atomic E-state index is 0.0789. The second-order valence-corrected chi connectivity index (χ2v) is 6.36. The summed E-state index contributed by atoms with van der Waals surface area (Å²) in [5, 5.41) is 15.8. The van der Waals surface area contributed by atoms with Crippen molar-refractivity contribution in [3.63, 3.8) is 0 Å². The van der Waals surface area contributed by atoms with Crippen LogP contribution in [-0.2, 0) is 14.3 Å². The maximum absolute atomic E-state index is 12.3. The Kier molecular flexibility index (Phi) is 7.04. The topological polar surface area (TPSA) is 127 Å². The SMILES string of the molecule is COC(=O)[C@@H]1NC(c2ccc(OCCCO)cc2)O[C@@H]1c1ccccc1N=[N+]=N. The molecule has 1 heterocycles. The van der Waals surface area contributed by atoms with Gasteiger partial charge in [0, 0.05) is 18.6 Å². The largest absolute Gasteiger partial charge is 0.494 e. The first-order chi connectivity index (χ1) is 14.2. The number of methoxy groups -OCH3 is 1. The predicted molar refractivity (Wildman–Crippen MR) is 103 cm³/mol. The average Bonchev–Trinajstić information content (AvgIpc) is 3.20. The van der Waals surface area contributed by atoms with Crippen LogP contribution >= 0.6 is 0 Å². The summed E-state index contributed by atoms with van der Waals surface area (Å²) < 4.78 is 16.6. The van der Waals surface area contributed by atoms with Gasteiger partial charge in [-0.2, -0.15) is 0 Å². The molecule has 9 heteroatoms. The molecule has 1 aliphatic rings. The average molecular weight is 399 g/mol. The number of nitrogens with zero attached hydrogens (tertiary/aromatic N) is 2. The summed E-state index contributed by atoms with van der Waals surface area (Å²) in [5.74, 6) is 0.224. The van der Waals surface area contributed by atoms with Crippen molar-refractivity contribution in [2.24, 2.45) is 5.11 Å². The molecule has 1 fully saturated rings. The smallest absolute Gasteiger partial charge is 0.326 e. The van der Waals surface area contributed by atoms with Gasteiger partial charge in [-0.1, -0.05) is 30.3 Å². The van der Waals surface area contributed by atoms with Gasteiger partial charge in [0.2, 0.25) is 4.91 Å². The van der Waals surface area contributed by atoms with E-state index in [0.717, 1.165) is 5.56 Å². The van der Waals surface area contributed by atoms with E-state index in [1.165, 1.54) is 7.11 Å². The number of carbonyl (C=O) groups excluding carboxylic acids is 1. The lowest BCUT2D eigenvalue weighted by Crippen LogP contribution is -2.36. The number of ether oxygens (including phenoxy) is 3. The number of hydrogen-bond donors (Lipinski definition) is 3. The van der Waals surface area contributed by atoms with E-state index in [4.69, 9.17) is 24.8 Å². The number of rotatable bonds is 8. The number of esters is 1. The number of benzene rings is 2. The molecule has 0 radical (unpaired) electrons. The second-order valence-electron chi connectivity index (χ2n) is 6.36. The van der Waals surface area contributed by atoms with Gasteiger partial charge in [-0.05, 0) is 23.8 Å². The zero-order valence-corrected chi connectivity index (χ0v) is 15.9. The molecule has 29 heavy (non-hydrogen) atoms. The lowest BCUT2D eigenvalue weighted by molar-refractivity contribution is -0.144. The van der Waals surface area contributed by atoms with Gasteiger partial charge in [0.1, 0.15) is 29.7 Å². The molecule has 3 rings (SSSR count). The van der Waals surface area contributed by atoms with Crippen LogP contribution in [0.5, 0.6) is 5.75 Å². The van der Waals surface area contributed by atoms with Crippen LogP contribution in [0, 0.1) is 5.53 Å². The summed E-state index contributed by atoms with van der Waals surface area (Å²) in [5.41, 5.74) is 8.92. The van der Waals surface area contributed by atoms with Crippen LogP contribution in [0.2, 0.25) is 0 Å². The zero-order chi connectivity index (χ0) is 20.6. The van der Waals surface area contributed by atoms with Crippen LogP contribution < -0.4 is 15.0 Å². The van der Waals surface area contributed by atoms with Crippen molar-refractivity contribution in [3.8, 4) is 5.75 Å². The highest BCUT2D eigenvalue weighted by atomic mass is 16.5. The van der Waals surface area contributed by atoms with Crippen LogP contribution in [0.1, 0.15) is 29.9 Å². The van der Waals surface area contributed by atoms with Gasteiger partial charge in [-0.15, -0.1) is 0 Å². The molecule has 2 aromatic rings. The first kappa shape index (κ1) is 20.6. The lowest BCUT2D eigenvalue weighted by Gasteiger charge is -2.16. The van der Waals surface area contributed by atoms with Crippen LogP contribution in [0.15, 0.2) is 53.6 Å². The number of carbonyl (C=O) groups is 1. The van der Waals surface area contributed by atoms with Crippen molar-refractivity contribution in [2.45, 2.75) is 24.8 Å². The molecule has 152 valence electrons. The van der Waals surface area contributed by atoms with E-state index in [1.54, 1.807) is 30.3 Å². The molecule has 1 unspecified atom stereocenters. The maximum atomic E-state index is 12.3.